The highest BCUT2D eigenvalue weighted by molar-refractivity contribution is 9.13. The molecule has 0 fully saturated rings. The van der Waals surface area contributed by atoms with Crippen LogP contribution in [0.1, 0.15) is 41.0 Å². The molecule has 1 N–H and O–H groups in total. The zero-order chi connectivity index (χ0) is 15.6. The second kappa shape index (κ2) is 7.36. The number of rotatable bonds is 5. The van der Waals surface area contributed by atoms with Gasteiger partial charge in [0.25, 0.3) is 0 Å². The summed E-state index contributed by atoms with van der Waals surface area (Å²) in [5.41, 5.74) is 3.15. The minimum Gasteiger partial charge on any atom is -0.306 e. The molecule has 0 bridgehead atoms. The molecule has 0 spiro atoms. The molecule has 0 saturated heterocycles. The number of nitrogens with one attached hydrogen (secondary N) is 1. The molecule has 1 aromatic heterocycles. The van der Waals surface area contributed by atoms with Gasteiger partial charge in [-0.15, -0.1) is 11.3 Å². The zero-order valence-corrected chi connectivity index (χ0v) is 16.3. The monoisotopic (exact) mass is 433 g/mol. The summed E-state index contributed by atoms with van der Waals surface area (Å²) in [6, 6.07) is 5.45. The second-order valence-corrected chi connectivity index (χ2v) is 8.37. The first kappa shape index (κ1) is 17.1. The average Bonchev–Trinajstić information content (AvgIpc) is 2.72. The molecule has 0 aliphatic carbocycles. The molecule has 0 aliphatic rings. The molecule has 21 heavy (non-hydrogen) atoms. The van der Waals surface area contributed by atoms with Crippen LogP contribution in [0, 0.1) is 19.7 Å². The third-order valence-electron chi connectivity index (χ3n) is 3.39. The van der Waals surface area contributed by atoms with Crippen LogP contribution in [0.4, 0.5) is 4.39 Å². The van der Waals surface area contributed by atoms with E-state index in [-0.39, 0.29) is 11.9 Å². The predicted molar refractivity (Wildman–Crippen MR) is 95.7 cm³/mol. The van der Waals surface area contributed by atoms with Gasteiger partial charge in [-0.3, -0.25) is 0 Å². The van der Waals surface area contributed by atoms with Crippen molar-refractivity contribution in [2.75, 3.05) is 6.54 Å². The van der Waals surface area contributed by atoms with Gasteiger partial charge < -0.3 is 5.32 Å². The van der Waals surface area contributed by atoms with E-state index in [1.807, 2.05) is 13.8 Å². The molecule has 2 aromatic rings. The largest absolute Gasteiger partial charge is 0.306 e. The highest BCUT2D eigenvalue weighted by Gasteiger charge is 2.21. The van der Waals surface area contributed by atoms with Gasteiger partial charge in [-0.1, -0.05) is 6.92 Å². The number of aryl methyl sites for hydroxylation is 2. The van der Waals surface area contributed by atoms with E-state index in [1.165, 1.54) is 10.4 Å². The third kappa shape index (κ3) is 3.95. The maximum Gasteiger partial charge on any atom is 0.123 e. The van der Waals surface area contributed by atoms with Gasteiger partial charge in [-0.2, -0.15) is 0 Å². The first-order valence-corrected chi connectivity index (χ1v) is 9.29. The van der Waals surface area contributed by atoms with E-state index >= 15 is 0 Å². The van der Waals surface area contributed by atoms with E-state index in [9.17, 15) is 4.39 Å². The quantitative estimate of drug-likeness (QED) is 0.597. The van der Waals surface area contributed by atoms with Crippen molar-refractivity contribution in [3.63, 3.8) is 0 Å². The van der Waals surface area contributed by atoms with Crippen molar-refractivity contribution in [1.82, 2.24) is 5.32 Å². The van der Waals surface area contributed by atoms with Gasteiger partial charge in [-0.05, 0) is 93.6 Å². The van der Waals surface area contributed by atoms with Gasteiger partial charge >= 0.3 is 0 Å². The van der Waals surface area contributed by atoms with Gasteiger partial charge in [0.1, 0.15) is 5.82 Å². The Morgan fingerprint density at radius 3 is 2.29 bits per heavy atom. The van der Waals surface area contributed by atoms with Gasteiger partial charge in [0.15, 0.2) is 0 Å². The molecule has 5 heteroatoms. The van der Waals surface area contributed by atoms with Crippen molar-refractivity contribution < 1.29 is 4.39 Å². The summed E-state index contributed by atoms with van der Waals surface area (Å²) in [4.78, 5) is 1.22. The van der Waals surface area contributed by atoms with Gasteiger partial charge in [0, 0.05) is 9.35 Å². The smallest absolute Gasteiger partial charge is 0.123 e. The summed E-state index contributed by atoms with van der Waals surface area (Å²) in [6.45, 7) is 7.02. The van der Waals surface area contributed by atoms with Crippen molar-refractivity contribution in [1.29, 1.82) is 0 Å². The van der Waals surface area contributed by atoms with Crippen LogP contribution in [0.3, 0.4) is 0 Å². The van der Waals surface area contributed by atoms with Crippen molar-refractivity contribution in [3.8, 4) is 0 Å². The van der Waals surface area contributed by atoms with E-state index in [0.29, 0.717) is 0 Å². The second-order valence-electron chi connectivity index (χ2n) is 5.11. The number of benzene rings is 1. The van der Waals surface area contributed by atoms with Gasteiger partial charge in [-0.25, -0.2) is 4.39 Å². The van der Waals surface area contributed by atoms with E-state index < -0.39 is 0 Å². The maximum atomic E-state index is 13.6. The summed E-state index contributed by atoms with van der Waals surface area (Å²) < 4.78 is 15.7. The lowest BCUT2D eigenvalue weighted by atomic mass is 9.94. The lowest BCUT2D eigenvalue weighted by Gasteiger charge is -2.22. The summed E-state index contributed by atoms with van der Waals surface area (Å²) in [5.74, 6) is -0.170. The Morgan fingerprint density at radius 2 is 1.81 bits per heavy atom. The van der Waals surface area contributed by atoms with Crippen LogP contribution >= 0.6 is 43.2 Å². The summed E-state index contributed by atoms with van der Waals surface area (Å²) in [7, 11) is 0. The first-order chi connectivity index (χ1) is 9.93. The zero-order valence-electron chi connectivity index (χ0n) is 12.3. The fourth-order valence-corrected chi connectivity index (χ4v) is 4.69. The Morgan fingerprint density at radius 1 is 1.19 bits per heavy atom. The van der Waals surface area contributed by atoms with Crippen LogP contribution in [0.25, 0.3) is 0 Å². The molecule has 0 saturated carbocycles. The fraction of sp³-hybridized carbons (Fsp3) is 0.375. The normalized spacial score (nSPS) is 12.7. The van der Waals surface area contributed by atoms with Gasteiger partial charge in [0.05, 0.1) is 9.83 Å². The molecule has 0 radical (unpaired) electrons. The molecule has 1 unspecified atom stereocenters. The molecular formula is C16H18Br2FNS. The molecule has 1 aromatic carbocycles. The van der Waals surface area contributed by atoms with Crippen molar-refractivity contribution in [2.24, 2.45) is 0 Å². The predicted octanol–water partition coefficient (Wildman–Crippen LogP) is 6.12. The SMILES string of the molecule is CCCNC(c1cc(Br)c(Br)s1)c1c(C)cc(F)cc1C. The van der Waals surface area contributed by atoms with Crippen LogP contribution in [0.2, 0.25) is 0 Å². The number of thiophene rings is 1. The Kier molecular flexibility index (Phi) is 6.00. The van der Waals surface area contributed by atoms with E-state index in [4.69, 9.17) is 0 Å². The van der Waals surface area contributed by atoms with Crippen LogP contribution in [0.15, 0.2) is 26.5 Å². The molecular weight excluding hydrogens is 417 g/mol. The highest BCUT2D eigenvalue weighted by atomic mass is 79.9. The molecule has 1 atom stereocenters. The molecule has 114 valence electrons. The lowest BCUT2D eigenvalue weighted by Crippen LogP contribution is -2.24. The molecule has 1 nitrogen and oxygen atoms in total. The lowest BCUT2D eigenvalue weighted by molar-refractivity contribution is 0.592. The van der Waals surface area contributed by atoms with Gasteiger partial charge in [0.2, 0.25) is 0 Å². The molecule has 2 rings (SSSR count). The minimum atomic E-state index is -0.170. The summed E-state index contributed by atoms with van der Waals surface area (Å²) >= 11 is 8.81. The van der Waals surface area contributed by atoms with E-state index in [1.54, 1.807) is 23.5 Å². The van der Waals surface area contributed by atoms with Crippen molar-refractivity contribution in [3.05, 3.63) is 53.8 Å². The number of hydrogen-bond acceptors (Lipinski definition) is 2. The van der Waals surface area contributed by atoms with Crippen LogP contribution in [-0.4, -0.2) is 6.54 Å². The average molecular weight is 435 g/mol. The molecule has 0 aliphatic heterocycles. The van der Waals surface area contributed by atoms with E-state index in [2.05, 4.69) is 50.2 Å². The number of halogens is 3. The van der Waals surface area contributed by atoms with Crippen molar-refractivity contribution in [2.45, 2.75) is 33.2 Å². The Balaban J connectivity index is 2.50. The first-order valence-electron chi connectivity index (χ1n) is 6.88. The topological polar surface area (TPSA) is 12.0 Å². The fourth-order valence-electron chi connectivity index (χ4n) is 2.52. The van der Waals surface area contributed by atoms with Crippen LogP contribution in [-0.2, 0) is 0 Å². The summed E-state index contributed by atoms with van der Waals surface area (Å²) in [5, 5.41) is 3.59. The maximum absolute atomic E-state index is 13.6. The minimum absolute atomic E-state index is 0.0955. The summed E-state index contributed by atoms with van der Waals surface area (Å²) in [6.07, 6.45) is 1.06. The Labute approximate surface area is 146 Å². The standard InChI is InChI=1S/C16H18Br2FNS/c1-4-5-20-15(13-8-12(17)16(18)21-13)14-9(2)6-11(19)7-10(14)3/h6-8,15,20H,4-5H2,1-3H3. The van der Waals surface area contributed by atoms with Crippen LogP contribution in [0.5, 0.6) is 0 Å². The Bertz CT molecular complexity index is 597. The Hall–Kier alpha value is -0.230. The molecule has 0 amide bonds. The highest BCUT2D eigenvalue weighted by Crippen LogP contribution is 2.39. The van der Waals surface area contributed by atoms with Crippen molar-refractivity contribution >= 4 is 43.2 Å². The van der Waals surface area contributed by atoms with E-state index in [0.717, 1.165) is 32.4 Å². The third-order valence-corrected chi connectivity index (χ3v) is 6.72. The van der Waals surface area contributed by atoms with Crippen LogP contribution < -0.4 is 5.32 Å². The molecule has 1 heterocycles. The number of hydrogen-bond donors (Lipinski definition) is 1.